The van der Waals surface area contributed by atoms with Crippen LogP contribution in [0.4, 0.5) is 0 Å². The second kappa shape index (κ2) is 8.73. The summed E-state index contributed by atoms with van der Waals surface area (Å²) in [6.45, 7) is 0. The molecule has 25 heavy (non-hydrogen) atoms. The largest absolute Gasteiger partial charge is 0.361 e. The van der Waals surface area contributed by atoms with E-state index in [9.17, 15) is 14.0 Å². The van der Waals surface area contributed by atoms with Gasteiger partial charge in [-0.05, 0) is 38.5 Å². The molecule has 0 radical (unpaired) electrons. The van der Waals surface area contributed by atoms with Crippen molar-refractivity contribution in [3.05, 3.63) is 0 Å². The van der Waals surface area contributed by atoms with Crippen molar-refractivity contribution in [1.29, 1.82) is 0 Å². The fraction of sp³-hybridized carbons (Fsp3) is 1.00. The third-order valence-corrected chi connectivity index (χ3v) is 11.4. The standard InChI is InChI=1S/C16H29ClO6P2/c17-16(24(18,19)21-13-7-1-2-8-13)25(20,22-14-9-3-4-10-14)23-15-11-5-6-12-15/h13-16H,1-12H2,(H,18,19). The first-order chi connectivity index (χ1) is 11.9. The Hall–Kier alpha value is 0.590. The van der Waals surface area contributed by atoms with Crippen LogP contribution in [0.2, 0.25) is 0 Å². The molecule has 0 aromatic carbocycles. The quantitative estimate of drug-likeness (QED) is 0.401. The highest BCUT2D eigenvalue weighted by molar-refractivity contribution is 7.75. The first-order valence-corrected chi connectivity index (χ1v) is 13.2. The highest BCUT2D eigenvalue weighted by atomic mass is 35.5. The van der Waals surface area contributed by atoms with E-state index in [-0.39, 0.29) is 18.3 Å². The van der Waals surface area contributed by atoms with Crippen LogP contribution in [-0.2, 0) is 22.7 Å². The van der Waals surface area contributed by atoms with Crippen LogP contribution in [0.15, 0.2) is 0 Å². The van der Waals surface area contributed by atoms with Crippen LogP contribution in [-0.4, -0.2) is 28.1 Å². The highest BCUT2D eigenvalue weighted by Crippen LogP contribution is 2.72. The Balaban J connectivity index is 1.73. The second-order valence-corrected chi connectivity index (χ2v) is 12.8. The highest BCUT2D eigenvalue weighted by Gasteiger charge is 2.52. The molecular weight excluding hydrogens is 386 g/mol. The van der Waals surface area contributed by atoms with Crippen LogP contribution in [0.25, 0.3) is 0 Å². The normalized spacial score (nSPS) is 27.8. The maximum atomic E-state index is 13.5. The van der Waals surface area contributed by atoms with E-state index in [0.717, 1.165) is 77.0 Å². The molecule has 0 saturated heterocycles. The van der Waals surface area contributed by atoms with Crippen LogP contribution >= 0.6 is 26.8 Å². The molecule has 0 spiro atoms. The van der Waals surface area contributed by atoms with Crippen LogP contribution in [0.3, 0.4) is 0 Å². The Kier molecular flexibility index (Phi) is 7.10. The third-order valence-electron chi connectivity index (χ3n) is 5.33. The van der Waals surface area contributed by atoms with Gasteiger partial charge in [-0.1, -0.05) is 50.1 Å². The first-order valence-electron chi connectivity index (χ1n) is 9.50. The van der Waals surface area contributed by atoms with Crippen LogP contribution in [0.5, 0.6) is 0 Å². The molecule has 3 aliphatic rings. The Labute approximate surface area is 155 Å². The predicted molar refractivity (Wildman–Crippen MR) is 97.1 cm³/mol. The zero-order valence-electron chi connectivity index (χ0n) is 14.6. The number of hydrogen-bond acceptors (Lipinski definition) is 5. The maximum absolute atomic E-state index is 13.5. The molecule has 3 rings (SSSR count). The van der Waals surface area contributed by atoms with Gasteiger partial charge < -0.3 is 18.5 Å². The molecule has 0 heterocycles. The lowest BCUT2D eigenvalue weighted by Crippen LogP contribution is -2.20. The smallest absolute Gasteiger partial charge is 0.323 e. The molecule has 2 atom stereocenters. The predicted octanol–water partition coefficient (Wildman–Crippen LogP) is 5.76. The van der Waals surface area contributed by atoms with E-state index in [1.165, 1.54) is 0 Å². The van der Waals surface area contributed by atoms with E-state index >= 15 is 0 Å². The van der Waals surface area contributed by atoms with Crippen molar-refractivity contribution in [2.45, 2.75) is 100 Å². The molecule has 0 aromatic rings. The van der Waals surface area contributed by atoms with Gasteiger partial charge >= 0.3 is 15.2 Å². The summed E-state index contributed by atoms with van der Waals surface area (Å²) in [5, 5.41) is 0. The number of alkyl halides is 1. The molecule has 3 saturated carbocycles. The van der Waals surface area contributed by atoms with Gasteiger partial charge in [-0.2, -0.15) is 0 Å². The minimum Gasteiger partial charge on any atom is -0.323 e. The molecule has 1 N–H and O–H groups in total. The van der Waals surface area contributed by atoms with Crippen molar-refractivity contribution < 1.29 is 27.6 Å². The summed E-state index contributed by atoms with van der Waals surface area (Å²) in [5.74, 6) is 0. The molecule has 3 aliphatic carbocycles. The van der Waals surface area contributed by atoms with E-state index in [1.807, 2.05) is 0 Å². The Morgan fingerprint density at radius 1 is 0.720 bits per heavy atom. The van der Waals surface area contributed by atoms with E-state index < -0.39 is 20.1 Å². The summed E-state index contributed by atoms with van der Waals surface area (Å²) in [5.41, 5.74) is 0. The van der Waals surface area contributed by atoms with Crippen molar-refractivity contribution in [3.63, 3.8) is 0 Å². The molecule has 0 bridgehead atoms. The van der Waals surface area contributed by atoms with Crippen molar-refractivity contribution in [2.24, 2.45) is 0 Å². The van der Waals surface area contributed by atoms with Gasteiger partial charge in [-0.15, -0.1) is 0 Å². The van der Waals surface area contributed by atoms with E-state index in [1.54, 1.807) is 0 Å². The average molecular weight is 415 g/mol. The molecule has 0 aromatic heterocycles. The van der Waals surface area contributed by atoms with Gasteiger partial charge in [0.25, 0.3) is 0 Å². The minimum atomic E-state index is -4.32. The minimum absolute atomic E-state index is 0.222. The number of halogens is 1. The summed E-state index contributed by atoms with van der Waals surface area (Å²) in [6.07, 6.45) is 9.74. The molecule has 0 aliphatic heterocycles. The van der Waals surface area contributed by atoms with Gasteiger partial charge in [0.15, 0.2) is 0 Å². The van der Waals surface area contributed by atoms with Crippen LogP contribution in [0.1, 0.15) is 77.0 Å². The van der Waals surface area contributed by atoms with Crippen molar-refractivity contribution in [3.8, 4) is 0 Å². The Morgan fingerprint density at radius 2 is 1.04 bits per heavy atom. The van der Waals surface area contributed by atoms with E-state index in [0.29, 0.717) is 0 Å². The van der Waals surface area contributed by atoms with Gasteiger partial charge in [0.2, 0.25) is 4.86 Å². The second-order valence-electron chi connectivity index (χ2n) is 7.45. The zero-order valence-corrected chi connectivity index (χ0v) is 17.1. The molecule has 6 nitrogen and oxygen atoms in total. The Bertz CT molecular complexity index is 505. The van der Waals surface area contributed by atoms with Crippen molar-refractivity contribution in [2.75, 3.05) is 0 Å². The van der Waals surface area contributed by atoms with Gasteiger partial charge in [-0.3, -0.25) is 9.13 Å². The summed E-state index contributed by atoms with van der Waals surface area (Å²) in [6, 6.07) is 0. The lowest BCUT2D eigenvalue weighted by molar-refractivity contribution is 0.116. The SMILES string of the molecule is O=P(O)(OC1CCCC1)C(Cl)P(=O)(OC1CCCC1)OC1CCCC1. The van der Waals surface area contributed by atoms with Crippen molar-refractivity contribution in [1.82, 2.24) is 0 Å². The molecule has 3 fully saturated rings. The first kappa shape index (κ1) is 20.3. The molecule has 2 unspecified atom stereocenters. The monoisotopic (exact) mass is 414 g/mol. The van der Waals surface area contributed by atoms with Gasteiger partial charge in [0.1, 0.15) is 0 Å². The third kappa shape index (κ3) is 5.31. The van der Waals surface area contributed by atoms with Crippen molar-refractivity contribution >= 4 is 26.8 Å². The molecule has 0 amide bonds. The van der Waals surface area contributed by atoms with E-state index in [4.69, 9.17) is 25.2 Å². The van der Waals surface area contributed by atoms with Gasteiger partial charge in [-0.25, -0.2) is 0 Å². The molecule has 9 heteroatoms. The molecule has 146 valence electrons. The van der Waals surface area contributed by atoms with Crippen LogP contribution < -0.4 is 0 Å². The number of rotatable bonds is 8. The number of hydrogen-bond donors (Lipinski definition) is 1. The summed E-state index contributed by atoms with van der Waals surface area (Å²) in [7, 11) is -8.28. The lowest BCUT2D eigenvalue weighted by Gasteiger charge is -2.30. The van der Waals surface area contributed by atoms with Gasteiger partial charge in [0.05, 0.1) is 18.3 Å². The van der Waals surface area contributed by atoms with Gasteiger partial charge in [0, 0.05) is 0 Å². The zero-order chi connectivity index (χ0) is 17.9. The average Bonchev–Trinajstić information content (AvgIpc) is 3.29. The fourth-order valence-corrected chi connectivity index (χ4v) is 8.54. The summed E-state index contributed by atoms with van der Waals surface area (Å²) in [4.78, 5) is 8.73. The lowest BCUT2D eigenvalue weighted by atomic mass is 10.3. The summed E-state index contributed by atoms with van der Waals surface area (Å²) < 4.78 is 43.1. The molecular formula is C16H29ClO6P2. The Morgan fingerprint density at radius 3 is 1.40 bits per heavy atom. The van der Waals surface area contributed by atoms with Crippen LogP contribution in [0, 0.1) is 0 Å². The fourth-order valence-electron chi connectivity index (χ4n) is 3.96. The summed E-state index contributed by atoms with van der Waals surface area (Å²) >= 11 is 6.26. The topological polar surface area (TPSA) is 82.1 Å². The van der Waals surface area contributed by atoms with E-state index in [2.05, 4.69) is 0 Å². The maximum Gasteiger partial charge on any atom is 0.361 e.